The predicted molar refractivity (Wildman–Crippen MR) is 49.6 cm³/mol. The van der Waals surface area contributed by atoms with Crippen LogP contribution in [0.5, 0.6) is 0 Å². The van der Waals surface area contributed by atoms with E-state index in [2.05, 4.69) is 9.97 Å². The maximum Gasteiger partial charge on any atom is 0.319 e. The zero-order valence-corrected chi connectivity index (χ0v) is 8.21. The molecule has 0 saturated carbocycles. The lowest BCUT2D eigenvalue weighted by Crippen LogP contribution is -2.27. The van der Waals surface area contributed by atoms with Crippen LogP contribution in [0.1, 0.15) is 13.8 Å². The van der Waals surface area contributed by atoms with Gasteiger partial charge in [0.05, 0.1) is 6.20 Å². The van der Waals surface area contributed by atoms with Crippen LogP contribution in [0, 0.1) is 0 Å². The topological polar surface area (TPSA) is 63.1 Å². The van der Waals surface area contributed by atoms with Crippen LogP contribution in [-0.4, -0.2) is 25.8 Å². The molecule has 0 spiro atoms. The average molecular weight is 198 g/mol. The maximum absolute atomic E-state index is 10.8. The van der Waals surface area contributed by atoms with Gasteiger partial charge in [-0.3, -0.25) is 9.78 Å². The van der Waals surface area contributed by atoms with Gasteiger partial charge in [0, 0.05) is 12.4 Å². The summed E-state index contributed by atoms with van der Waals surface area (Å²) in [4.78, 5) is 18.6. The number of carboxylic acids is 1. The number of carboxylic acid groups (broad SMARTS) is 1. The average Bonchev–Trinajstić information content (AvgIpc) is 2.05. The molecule has 0 bridgehead atoms. The molecule has 5 heteroatoms. The van der Waals surface area contributed by atoms with E-state index in [4.69, 9.17) is 5.11 Å². The van der Waals surface area contributed by atoms with Crippen LogP contribution < -0.4 is 0 Å². The van der Waals surface area contributed by atoms with Gasteiger partial charge in [0.25, 0.3) is 0 Å². The normalized spacial score (nSPS) is 11.2. The summed E-state index contributed by atoms with van der Waals surface area (Å²) in [6.45, 7) is 3.27. The van der Waals surface area contributed by atoms with E-state index in [9.17, 15) is 4.79 Å². The third kappa shape index (κ3) is 2.69. The molecule has 0 fully saturated rings. The number of carbonyl (C=O) groups is 1. The molecular formula is C8H10N2O2S. The Morgan fingerprint density at radius 3 is 2.69 bits per heavy atom. The van der Waals surface area contributed by atoms with E-state index in [1.165, 1.54) is 11.8 Å². The number of rotatable bonds is 3. The Kier molecular flexibility index (Phi) is 2.87. The van der Waals surface area contributed by atoms with Crippen molar-refractivity contribution in [2.24, 2.45) is 0 Å². The van der Waals surface area contributed by atoms with E-state index < -0.39 is 10.7 Å². The molecular weight excluding hydrogens is 188 g/mol. The van der Waals surface area contributed by atoms with Gasteiger partial charge in [0.15, 0.2) is 0 Å². The minimum Gasteiger partial charge on any atom is -0.480 e. The summed E-state index contributed by atoms with van der Waals surface area (Å²) in [6.07, 6.45) is 4.65. The van der Waals surface area contributed by atoms with E-state index in [-0.39, 0.29) is 0 Å². The molecule has 70 valence electrons. The molecule has 0 atom stereocenters. The third-order valence-electron chi connectivity index (χ3n) is 1.41. The molecule has 0 amide bonds. The van der Waals surface area contributed by atoms with Crippen molar-refractivity contribution < 1.29 is 9.90 Å². The van der Waals surface area contributed by atoms with Crippen LogP contribution in [0.15, 0.2) is 23.6 Å². The predicted octanol–water partition coefficient (Wildman–Crippen LogP) is 1.43. The summed E-state index contributed by atoms with van der Waals surface area (Å²) >= 11 is 1.18. The second kappa shape index (κ2) is 3.74. The minimum atomic E-state index is -0.865. The molecule has 1 aromatic heterocycles. The van der Waals surface area contributed by atoms with Crippen molar-refractivity contribution >= 4 is 17.7 Å². The monoisotopic (exact) mass is 198 g/mol. The maximum atomic E-state index is 10.8. The summed E-state index contributed by atoms with van der Waals surface area (Å²) in [6, 6.07) is 0. The molecule has 0 aliphatic rings. The molecule has 1 aromatic rings. The van der Waals surface area contributed by atoms with E-state index in [0.717, 1.165) is 0 Å². The Labute approximate surface area is 80.4 Å². The molecule has 0 aromatic carbocycles. The standard InChI is InChI=1S/C8H10N2O2S/c1-8(2,7(11)12)13-6-5-9-3-4-10-6/h3-5H,1-2H3,(H,11,12). The highest BCUT2D eigenvalue weighted by Gasteiger charge is 2.28. The van der Waals surface area contributed by atoms with Gasteiger partial charge < -0.3 is 5.11 Å². The number of hydrogen-bond donors (Lipinski definition) is 1. The fourth-order valence-corrected chi connectivity index (χ4v) is 1.48. The molecule has 0 aliphatic carbocycles. The van der Waals surface area contributed by atoms with Gasteiger partial charge in [0.1, 0.15) is 9.77 Å². The molecule has 0 aliphatic heterocycles. The minimum absolute atomic E-state index is 0.620. The van der Waals surface area contributed by atoms with Gasteiger partial charge in [-0.1, -0.05) is 11.8 Å². The molecule has 1 heterocycles. The fourth-order valence-electron chi connectivity index (χ4n) is 0.643. The van der Waals surface area contributed by atoms with Gasteiger partial charge in [0.2, 0.25) is 0 Å². The van der Waals surface area contributed by atoms with Crippen molar-refractivity contribution in [2.45, 2.75) is 23.6 Å². The molecule has 1 N–H and O–H groups in total. The van der Waals surface area contributed by atoms with E-state index in [1.807, 2.05) is 0 Å². The first-order valence-corrected chi connectivity index (χ1v) is 4.52. The molecule has 1 rings (SSSR count). The smallest absolute Gasteiger partial charge is 0.319 e. The van der Waals surface area contributed by atoms with Crippen LogP contribution in [0.2, 0.25) is 0 Å². The van der Waals surface area contributed by atoms with Gasteiger partial charge in [-0.25, -0.2) is 4.98 Å². The summed E-state index contributed by atoms with van der Waals surface area (Å²) in [7, 11) is 0. The molecule has 13 heavy (non-hydrogen) atoms. The summed E-state index contributed by atoms with van der Waals surface area (Å²) in [5.74, 6) is -0.858. The second-order valence-corrected chi connectivity index (χ2v) is 4.60. The van der Waals surface area contributed by atoms with Gasteiger partial charge in [-0.2, -0.15) is 0 Å². The first-order valence-electron chi connectivity index (χ1n) is 3.71. The Morgan fingerprint density at radius 1 is 1.54 bits per heavy atom. The van der Waals surface area contributed by atoms with Gasteiger partial charge in [-0.05, 0) is 13.8 Å². The first kappa shape index (κ1) is 9.98. The number of aliphatic carboxylic acids is 1. The third-order valence-corrected chi connectivity index (χ3v) is 2.52. The highest BCUT2D eigenvalue weighted by Crippen LogP contribution is 2.30. The molecule has 4 nitrogen and oxygen atoms in total. The summed E-state index contributed by atoms with van der Waals surface area (Å²) in [5.41, 5.74) is 0. The van der Waals surface area contributed by atoms with Crippen molar-refractivity contribution in [3.05, 3.63) is 18.6 Å². The lowest BCUT2D eigenvalue weighted by atomic mass is 10.2. The van der Waals surface area contributed by atoms with Crippen LogP contribution in [-0.2, 0) is 4.79 Å². The van der Waals surface area contributed by atoms with Crippen molar-refractivity contribution in [1.29, 1.82) is 0 Å². The Balaban J connectivity index is 2.75. The second-order valence-electron chi connectivity index (χ2n) is 2.96. The number of aromatic nitrogens is 2. The van der Waals surface area contributed by atoms with Crippen molar-refractivity contribution in [2.75, 3.05) is 0 Å². The zero-order valence-electron chi connectivity index (χ0n) is 7.39. The Bertz CT molecular complexity index is 300. The quantitative estimate of drug-likeness (QED) is 0.744. The number of nitrogens with zero attached hydrogens (tertiary/aromatic N) is 2. The lowest BCUT2D eigenvalue weighted by Gasteiger charge is -2.16. The van der Waals surface area contributed by atoms with Gasteiger partial charge in [-0.15, -0.1) is 0 Å². The molecule has 0 radical (unpaired) electrons. The highest BCUT2D eigenvalue weighted by molar-refractivity contribution is 8.01. The Morgan fingerprint density at radius 2 is 2.23 bits per heavy atom. The van der Waals surface area contributed by atoms with Crippen LogP contribution in [0.3, 0.4) is 0 Å². The van der Waals surface area contributed by atoms with Crippen LogP contribution in [0.4, 0.5) is 0 Å². The fraction of sp³-hybridized carbons (Fsp3) is 0.375. The zero-order chi connectivity index (χ0) is 9.90. The Hall–Kier alpha value is -1.10. The number of hydrogen-bond acceptors (Lipinski definition) is 4. The largest absolute Gasteiger partial charge is 0.480 e. The van der Waals surface area contributed by atoms with E-state index in [0.29, 0.717) is 5.03 Å². The van der Waals surface area contributed by atoms with Crippen molar-refractivity contribution in [1.82, 2.24) is 9.97 Å². The summed E-state index contributed by atoms with van der Waals surface area (Å²) < 4.78 is -0.865. The number of thioether (sulfide) groups is 1. The summed E-state index contributed by atoms with van der Waals surface area (Å²) in [5, 5.41) is 9.45. The van der Waals surface area contributed by atoms with Crippen molar-refractivity contribution in [3.63, 3.8) is 0 Å². The van der Waals surface area contributed by atoms with Crippen molar-refractivity contribution in [3.8, 4) is 0 Å². The van der Waals surface area contributed by atoms with E-state index >= 15 is 0 Å². The lowest BCUT2D eigenvalue weighted by molar-refractivity contribution is -0.138. The molecule has 0 saturated heterocycles. The van der Waals surface area contributed by atoms with Crippen LogP contribution in [0.25, 0.3) is 0 Å². The first-order chi connectivity index (χ1) is 6.02. The van der Waals surface area contributed by atoms with Gasteiger partial charge >= 0.3 is 5.97 Å². The van der Waals surface area contributed by atoms with E-state index in [1.54, 1.807) is 32.4 Å². The highest BCUT2D eigenvalue weighted by atomic mass is 32.2. The van der Waals surface area contributed by atoms with Crippen LogP contribution >= 0.6 is 11.8 Å². The SMILES string of the molecule is CC(C)(Sc1cnccn1)C(=O)O. The molecule has 0 unspecified atom stereocenters.